The van der Waals surface area contributed by atoms with E-state index in [1.54, 1.807) is 40.7 Å². The fraction of sp³-hybridized carbons (Fsp3) is 0.423. The minimum Gasteiger partial charge on any atom is -0.463 e. The van der Waals surface area contributed by atoms with Gasteiger partial charge in [0.2, 0.25) is 0 Å². The molecule has 2 rings (SSSR count). The maximum atomic E-state index is 13.0. The molecule has 0 bridgehead atoms. The van der Waals surface area contributed by atoms with Crippen molar-refractivity contribution in [3.63, 3.8) is 0 Å². The molecule has 7 heteroatoms. The summed E-state index contributed by atoms with van der Waals surface area (Å²) in [6, 6.07) is 7.34. The first-order valence-electron chi connectivity index (χ1n) is 11.2. The lowest BCUT2D eigenvalue weighted by Gasteiger charge is -2.31. The Bertz CT molecular complexity index is 962. The summed E-state index contributed by atoms with van der Waals surface area (Å²) in [5.41, 5.74) is 3.66. The molecule has 33 heavy (non-hydrogen) atoms. The number of nitrogens with one attached hydrogen (secondary N) is 1. The standard InChI is InChI=1S/C26H33NO6/c1-7-14-33-24(28)16(4)15-19-12-10-11-13-20(19)23-21(25(29)31-8-2)17(5)27-18(6)22(23)26(30)32-9-3/h10-13,15,23,27H,7-9,14H2,1-6H3. The Balaban J connectivity index is 2.69. The van der Waals surface area contributed by atoms with Crippen molar-refractivity contribution in [2.45, 2.75) is 53.9 Å². The lowest BCUT2D eigenvalue weighted by atomic mass is 9.78. The molecule has 178 valence electrons. The third-order valence-corrected chi connectivity index (χ3v) is 5.19. The number of dihydropyridines is 1. The van der Waals surface area contributed by atoms with Crippen molar-refractivity contribution in [3.05, 3.63) is 63.5 Å². The van der Waals surface area contributed by atoms with Crippen molar-refractivity contribution >= 4 is 24.0 Å². The molecule has 0 atom stereocenters. The van der Waals surface area contributed by atoms with Gasteiger partial charge in [-0.1, -0.05) is 31.2 Å². The van der Waals surface area contributed by atoms with Crippen LogP contribution in [0.4, 0.5) is 0 Å². The van der Waals surface area contributed by atoms with E-state index < -0.39 is 23.8 Å². The second-order valence-corrected chi connectivity index (χ2v) is 7.67. The molecule has 0 spiro atoms. The maximum Gasteiger partial charge on any atom is 0.336 e. The zero-order valence-electron chi connectivity index (χ0n) is 20.2. The lowest BCUT2D eigenvalue weighted by Crippen LogP contribution is -2.32. The molecule has 0 amide bonds. The third-order valence-electron chi connectivity index (χ3n) is 5.19. The van der Waals surface area contributed by atoms with Crippen LogP contribution in [0.15, 0.2) is 52.4 Å². The van der Waals surface area contributed by atoms with Gasteiger partial charge in [0.25, 0.3) is 0 Å². The second kappa shape index (κ2) is 12.0. The predicted octanol–water partition coefficient (Wildman–Crippen LogP) is 4.40. The van der Waals surface area contributed by atoms with Crippen molar-refractivity contribution < 1.29 is 28.6 Å². The number of ether oxygens (including phenoxy) is 3. The van der Waals surface area contributed by atoms with Gasteiger partial charge < -0.3 is 19.5 Å². The van der Waals surface area contributed by atoms with Crippen molar-refractivity contribution in [2.75, 3.05) is 19.8 Å². The van der Waals surface area contributed by atoms with Crippen LogP contribution in [-0.4, -0.2) is 37.7 Å². The van der Waals surface area contributed by atoms with Crippen LogP contribution in [-0.2, 0) is 28.6 Å². The largest absolute Gasteiger partial charge is 0.463 e. The highest BCUT2D eigenvalue weighted by molar-refractivity contribution is 6.00. The number of hydrogen-bond acceptors (Lipinski definition) is 7. The average Bonchev–Trinajstić information content (AvgIpc) is 2.77. The van der Waals surface area contributed by atoms with Crippen LogP contribution in [0.1, 0.15) is 65.0 Å². The monoisotopic (exact) mass is 455 g/mol. The Morgan fingerprint density at radius 1 is 0.909 bits per heavy atom. The molecule has 1 aliphatic rings. The van der Waals surface area contributed by atoms with E-state index in [2.05, 4.69) is 5.32 Å². The van der Waals surface area contributed by atoms with Gasteiger partial charge >= 0.3 is 17.9 Å². The Hall–Kier alpha value is -3.35. The SMILES string of the molecule is CCCOC(=O)C(C)=Cc1ccccc1C1C(C(=O)OCC)=C(C)NC(C)=C1C(=O)OCC. The van der Waals surface area contributed by atoms with Gasteiger partial charge in [-0.25, -0.2) is 14.4 Å². The average molecular weight is 456 g/mol. The Morgan fingerprint density at radius 3 is 1.97 bits per heavy atom. The van der Waals surface area contributed by atoms with Crippen LogP contribution < -0.4 is 5.32 Å². The molecule has 1 aromatic rings. The minimum atomic E-state index is -0.726. The van der Waals surface area contributed by atoms with Gasteiger partial charge in [-0.2, -0.15) is 0 Å². The van der Waals surface area contributed by atoms with Crippen molar-refractivity contribution in [3.8, 4) is 0 Å². The lowest BCUT2D eigenvalue weighted by molar-refractivity contribution is -0.140. The fourth-order valence-electron chi connectivity index (χ4n) is 3.77. The van der Waals surface area contributed by atoms with Crippen LogP contribution in [0.25, 0.3) is 6.08 Å². The van der Waals surface area contributed by atoms with Crippen LogP contribution in [0.2, 0.25) is 0 Å². The fourth-order valence-corrected chi connectivity index (χ4v) is 3.77. The summed E-state index contributed by atoms with van der Waals surface area (Å²) in [6.45, 7) is 11.3. The van der Waals surface area contributed by atoms with E-state index in [4.69, 9.17) is 14.2 Å². The summed E-state index contributed by atoms with van der Waals surface area (Å²) < 4.78 is 15.9. The molecule has 0 unspecified atom stereocenters. The first-order valence-corrected chi connectivity index (χ1v) is 11.2. The van der Waals surface area contributed by atoms with Gasteiger partial charge in [0.1, 0.15) is 0 Å². The van der Waals surface area contributed by atoms with E-state index in [9.17, 15) is 14.4 Å². The van der Waals surface area contributed by atoms with Gasteiger partial charge in [-0.15, -0.1) is 0 Å². The quantitative estimate of drug-likeness (QED) is 0.335. The normalized spacial score (nSPS) is 14.7. The summed E-state index contributed by atoms with van der Waals surface area (Å²) >= 11 is 0. The molecule has 1 aliphatic heterocycles. The molecule has 1 N–H and O–H groups in total. The number of carbonyl (C=O) groups excluding carboxylic acids is 3. The second-order valence-electron chi connectivity index (χ2n) is 7.67. The van der Waals surface area contributed by atoms with E-state index in [0.29, 0.717) is 45.8 Å². The molecule has 0 aromatic heterocycles. The highest BCUT2D eigenvalue weighted by Gasteiger charge is 2.38. The van der Waals surface area contributed by atoms with E-state index in [1.807, 2.05) is 31.2 Å². The maximum absolute atomic E-state index is 13.0. The Morgan fingerprint density at radius 2 is 1.45 bits per heavy atom. The topological polar surface area (TPSA) is 90.9 Å². The van der Waals surface area contributed by atoms with Crippen LogP contribution in [0, 0.1) is 0 Å². The zero-order chi connectivity index (χ0) is 24.5. The van der Waals surface area contributed by atoms with E-state index in [1.165, 1.54) is 0 Å². The number of rotatable bonds is 9. The molecular formula is C26H33NO6. The van der Waals surface area contributed by atoms with Gasteiger partial charge in [0.15, 0.2) is 0 Å². The minimum absolute atomic E-state index is 0.198. The third kappa shape index (κ3) is 6.12. The van der Waals surface area contributed by atoms with Crippen LogP contribution in [0.5, 0.6) is 0 Å². The van der Waals surface area contributed by atoms with Gasteiger partial charge in [-0.3, -0.25) is 0 Å². The van der Waals surface area contributed by atoms with E-state index >= 15 is 0 Å². The molecule has 0 aliphatic carbocycles. The number of carbonyl (C=O) groups is 3. The van der Waals surface area contributed by atoms with Crippen LogP contribution in [0.3, 0.4) is 0 Å². The molecule has 0 radical (unpaired) electrons. The highest BCUT2D eigenvalue weighted by Crippen LogP contribution is 2.41. The summed E-state index contributed by atoms with van der Waals surface area (Å²) in [5, 5.41) is 3.13. The summed E-state index contributed by atoms with van der Waals surface area (Å²) in [6.07, 6.45) is 2.44. The molecule has 0 saturated heterocycles. The Kier molecular flexibility index (Phi) is 9.45. The summed E-state index contributed by atoms with van der Waals surface area (Å²) in [5.74, 6) is -2.16. The summed E-state index contributed by atoms with van der Waals surface area (Å²) in [4.78, 5) is 38.3. The van der Waals surface area contributed by atoms with Crippen molar-refractivity contribution in [2.24, 2.45) is 0 Å². The van der Waals surface area contributed by atoms with Crippen molar-refractivity contribution in [1.29, 1.82) is 0 Å². The van der Waals surface area contributed by atoms with E-state index in [0.717, 1.165) is 6.42 Å². The zero-order valence-corrected chi connectivity index (χ0v) is 20.2. The number of hydrogen-bond donors (Lipinski definition) is 1. The smallest absolute Gasteiger partial charge is 0.336 e. The molecule has 7 nitrogen and oxygen atoms in total. The van der Waals surface area contributed by atoms with Gasteiger partial charge in [-0.05, 0) is 58.2 Å². The first-order chi connectivity index (χ1) is 15.8. The number of esters is 3. The Labute approximate surface area is 195 Å². The first kappa shape index (κ1) is 25.9. The van der Waals surface area contributed by atoms with E-state index in [-0.39, 0.29) is 13.2 Å². The molecule has 1 aromatic carbocycles. The molecule has 0 fully saturated rings. The molecular weight excluding hydrogens is 422 g/mol. The number of benzene rings is 1. The molecule has 0 saturated carbocycles. The molecule has 1 heterocycles. The predicted molar refractivity (Wildman–Crippen MR) is 126 cm³/mol. The number of allylic oxidation sites excluding steroid dienone is 2. The summed E-state index contributed by atoms with van der Waals surface area (Å²) in [7, 11) is 0. The van der Waals surface area contributed by atoms with Crippen LogP contribution >= 0.6 is 0 Å². The highest BCUT2D eigenvalue weighted by atomic mass is 16.5. The van der Waals surface area contributed by atoms with Gasteiger partial charge in [0, 0.05) is 17.0 Å². The van der Waals surface area contributed by atoms with Gasteiger partial charge in [0.05, 0.1) is 36.9 Å². The van der Waals surface area contributed by atoms with Crippen molar-refractivity contribution in [1.82, 2.24) is 5.32 Å².